The number of carbonyl (C=O) groups is 5. The topological polar surface area (TPSA) is 188 Å². The van der Waals surface area contributed by atoms with E-state index in [1.54, 1.807) is 69.3 Å². The Morgan fingerprint density at radius 3 is 2.37 bits per heavy atom. The van der Waals surface area contributed by atoms with Gasteiger partial charge in [-0.1, -0.05) is 36.4 Å². The van der Waals surface area contributed by atoms with Gasteiger partial charge in [-0.2, -0.15) is 18.2 Å². The molecular weight excluding hydrogens is 831 g/mol. The van der Waals surface area contributed by atoms with Crippen molar-refractivity contribution in [2.24, 2.45) is 17.3 Å². The average Bonchev–Trinajstić information content (AvgIpc) is 4.18. The molecule has 15 nitrogen and oxygen atoms in total. The summed E-state index contributed by atoms with van der Waals surface area (Å²) in [6, 6.07) is 11.4. The lowest BCUT2D eigenvalue weighted by atomic mass is 9.62. The normalized spacial score (nSPS) is 27.9. The highest BCUT2D eigenvalue weighted by atomic mass is 19.4. The number of aliphatic hydroxyl groups excluding tert-OH is 1. The third-order valence-corrected chi connectivity index (χ3v) is 12.3. The Morgan fingerprint density at radius 1 is 0.984 bits per heavy atom. The highest BCUT2D eigenvalue weighted by molar-refractivity contribution is 5.95. The van der Waals surface area contributed by atoms with Crippen LogP contribution in [0.3, 0.4) is 0 Å². The Balaban J connectivity index is 1.00. The van der Waals surface area contributed by atoms with Crippen LogP contribution in [0, 0.1) is 17.3 Å². The van der Waals surface area contributed by atoms with Crippen molar-refractivity contribution in [2.75, 3.05) is 13.2 Å². The lowest BCUT2D eigenvalue weighted by Gasteiger charge is -2.48. The van der Waals surface area contributed by atoms with Crippen molar-refractivity contribution in [3.05, 3.63) is 76.9 Å². The summed E-state index contributed by atoms with van der Waals surface area (Å²) < 4.78 is 67.1. The van der Waals surface area contributed by atoms with Crippen LogP contribution in [0.1, 0.15) is 92.8 Å². The molecule has 8 rings (SSSR count). The van der Waals surface area contributed by atoms with Gasteiger partial charge in [-0.3, -0.25) is 24.0 Å². The van der Waals surface area contributed by atoms with Gasteiger partial charge in [0.15, 0.2) is 18.4 Å². The minimum absolute atomic E-state index is 0.00619. The molecule has 0 spiro atoms. The van der Waals surface area contributed by atoms with Crippen molar-refractivity contribution in [1.82, 2.24) is 15.7 Å². The maximum atomic E-state index is 14.9. The second-order valence-corrected chi connectivity index (χ2v) is 18.3. The molecule has 3 heterocycles. The summed E-state index contributed by atoms with van der Waals surface area (Å²) in [5.74, 6) is -3.78. The lowest BCUT2D eigenvalue weighted by molar-refractivity contribution is -0.235. The van der Waals surface area contributed by atoms with Crippen LogP contribution in [0.4, 0.5) is 13.2 Å². The number of hydrogen-bond donors (Lipinski definition) is 3. The van der Waals surface area contributed by atoms with Gasteiger partial charge in [0, 0.05) is 42.9 Å². The molecule has 0 unspecified atom stereocenters. The molecule has 340 valence electrons. The first-order chi connectivity index (χ1) is 29.9. The van der Waals surface area contributed by atoms with Gasteiger partial charge in [-0.15, -0.1) is 0 Å². The van der Waals surface area contributed by atoms with Crippen LogP contribution in [-0.4, -0.2) is 107 Å². The first kappa shape index (κ1) is 44.7. The quantitative estimate of drug-likeness (QED) is 0.122. The zero-order valence-electron chi connectivity index (χ0n) is 35.2. The van der Waals surface area contributed by atoms with E-state index >= 15 is 0 Å². The Bertz CT molecular complexity index is 2120. The monoisotopic (exact) mass is 883 g/mol. The molecule has 6 aliphatic rings. The van der Waals surface area contributed by atoms with Gasteiger partial charge in [0.05, 0.1) is 19.2 Å². The van der Waals surface area contributed by atoms with Crippen LogP contribution in [-0.2, 0) is 60.8 Å². The van der Waals surface area contributed by atoms with Crippen molar-refractivity contribution < 1.29 is 70.8 Å². The second-order valence-electron chi connectivity index (χ2n) is 18.3. The SMILES string of the molecule is CC(C)(C)OC(=O)CC[C@@H](CO)NC(=O)c1cccc(CNC(=O)[C@@]23C[C@H]4OC(=O)[C@@H]2N(Cc2cccc(C=CC(=O)OCC(F)(F)F)c2)O[C@@H]3[C@H]2OC(C3CC3)(C3CC3)O[C@H]24)c1. The molecule has 0 radical (unpaired) electrons. The molecule has 7 atom stereocenters. The molecular formula is C45H52F3N3O12. The van der Waals surface area contributed by atoms with Crippen molar-refractivity contribution in [3.63, 3.8) is 0 Å². The van der Waals surface area contributed by atoms with Gasteiger partial charge in [0.25, 0.3) is 5.91 Å². The van der Waals surface area contributed by atoms with E-state index in [0.717, 1.165) is 31.8 Å². The van der Waals surface area contributed by atoms with Crippen LogP contribution < -0.4 is 10.6 Å². The maximum absolute atomic E-state index is 14.9. The van der Waals surface area contributed by atoms with Crippen LogP contribution in [0.2, 0.25) is 0 Å². The number of esters is 3. The maximum Gasteiger partial charge on any atom is 0.422 e. The van der Waals surface area contributed by atoms with Crippen molar-refractivity contribution in [2.45, 2.75) is 133 Å². The second kappa shape index (κ2) is 17.3. The number of rotatable bonds is 16. The van der Waals surface area contributed by atoms with E-state index in [1.807, 2.05) is 0 Å². The highest BCUT2D eigenvalue weighted by Crippen LogP contribution is 2.63. The number of carbonyl (C=O) groups excluding carboxylic acids is 5. The summed E-state index contributed by atoms with van der Waals surface area (Å²) in [6.45, 7) is 3.09. The fourth-order valence-corrected chi connectivity index (χ4v) is 9.34. The van der Waals surface area contributed by atoms with E-state index in [2.05, 4.69) is 15.4 Å². The Hall–Kier alpha value is -4.88. The molecule has 18 heteroatoms. The van der Waals surface area contributed by atoms with Crippen LogP contribution in [0.15, 0.2) is 54.6 Å². The first-order valence-electron chi connectivity index (χ1n) is 21.4. The summed E-state index contributed by atoms with van der Waals surface area (Å²) in [5.41, 5.74) is -0.276. The van der Waals surface area contributed by atoms with E-state index in [4.69, 9.17) is 23.8 Å². The van der Waals surface area contributed by atoms with Crippen LogP contribution in [0.25, 0.3) is 6.08 Å². The average molecular weight is 884 g/mol. The highest BCUT2D eigenvalue weighted by Gasteiger charge is 2.78. The number of alkyl halides is 3. The summed E-state index contributed by atoms with van der Waals surface area (Å²) in [7, 11) is 0. The molecule has 6 fully saturated rings. The van der Waals surface area contributed by atoms with Crippen molar-refractivity contribution in [1.29, 1.82) is 0 Å². The van der Waals surface area contributed by atoms with E-state index in [-0.39, 0.29) is 49.8 Å². The fraction of sp³-hybridized carbons (Fsp3) is 0.578. The predicted octanol–water partition coefficient (Wildman–Crippen LogP) is 4.43. The molecule has 3 saturated heterocycles. The minimum atomic E-state index is -4.67. The van der Waals surface area contributed by atoms with Gasteiger partial charge in [-0.05, 0) is 87.8 Å². The number of amides is 2. The number of hydrogen-bond acceptors (Lipinski definition) is 13. The number of ether oxygens (including phenoxy) is 5. The molecule has 2 aromatic carbocycles. The molecule has 0 aromatic heterocycles. The standard InChI is InChI=1S/C45H52F3N3O12/c1-42(2,3)60-34(54)17-15-31(23-52)50-39(55)28-9-5-7-26(19-28)21-49-41(57)43-20-32-35-36(62-45(61-35,29-11-12-29)30-13-14-30)38(43)63-51(37(43)40(56)59-32)22-27-8-4-6-25(18-27)10-16-33(53)58-24-44(46,47)48/h4-10,16,18-19,29-32,35-38,52H,11-15,17,20-24H2,1-3H3,(H,49,57)(H,50,55)/t31-,32+,35-,36-,37-,38+,43-/m0/s1. The number of fused-ring (bicyclic) bond motifs is 4. The number of nitrogens with one attached hydrogen (secondary N) is 2. The Labute approximate surface area is 361 Å². The molecule has 3 aliphatic carbocycles. The molecule has 3 saturated carbocycles. The molecule has 63 heavy (non-hydrogen) atoms. The fourth-order valence-electron chi connectivity index (χ4n) is 9.34. The van der Waals surface area contributed by atoms with Crippen molar-refractivity contribution in [3.8, 4) is 0 Å². The Morgan fingerprint density at radius 2 is 1.68 bits per heavy atom. The minimum Gasteiger partial charge on any atom is -0.460 e. The summed E-state index contributed by atoms with van der Waals surface area (Å²) in [4.78, 5) is 73.3. The number of halogens is 3. The molecule has 2 bridgehead atoms. The van der Waals surface area contributed by atoms with Gasteiger partial charge < -0.3 is 39.4 Å². The molecule has 3 aliphatic heterocycles. The summed E-state index contributed by atoms with van der Waals surface area (Å²) >= 11 is 0. The van der Waals surface area contributed by atoms with E-state index < -0.39 is 102 Å². The van der Waals surface area contributed by atoms with Crippen molar-refractivity contribution >= 4 is 35.8 Å². The van der Waals surface area contributed by atoms with E-state index in [9.17, 15) is 42.3 Å². The van der Waals surface area contributed by atoms with Gasteiger partial charge in [0.1, 0.15) is 35.4 Å². The van der Waals surface area contributed by atoms with E-state index in [0.29, 0.717) is 16.7 Å². The molecule has 2 aromatic rings. The third-order valence-electron chi connectivity index (χ3n) is 12.3. The van der Waals surface area contributed by atoms with Gasteiger partial charge in [0.2, 0.25) is 5.91 Å². The van der Waals surface area contributed by atoms with Crippen LogP contribution >= 0.6 is 0 Å². The van der Waals surface area contributed by atoms with Crippen LogP contribution in [0.5, 0.6) is 0 Å². The zero-order valence-corrected chi connectivity index (χ0v) is 35.2. The number of benzene rings is 2. The predicted molar refractivity (Wildman–Crippen MR) is 213 cm³/mol. The third kappa shape index (κ3) is 9.65. The van der Waals surface area contributed by atoms with E-state index in [1.165, 1.54) is 11.1 Å². The zero-order chi connectivity index (χ0) is 44.9. The molecule has 2 amide bonds. The summed E-state index contributed by atoms with van der Waals surface area (Å²) in [5, 5.41) is 17.1. The number of nitrogens with zero attached hydrogens (tertiary/aromatic N) is 1. The van der Waals surface area contributed by atoms with Gasteiger partial charge in [-0.25, -0.2) is 4.79 Å². The summed E-state index contributed by atoms with van der Waals surface area (Å²) in [6.07, 6.45) is -1.69. The smallest absolute Gasteiger partial charge is 0.422 e. The molecule has 3 N–H and O–H groups in total. The number of hydroxylamine groups is 2. The lowest BCUT2D eigenvalue weighted by Crippen LogP contribution is -2.69. The van der Waals surface area contributed by atoms with Gasteiger partial charge >= 0.3 is 24.1 Å². The first-order valence-corrected chi connectivity index (χ1v) is 21.4. The number of aliphatic hydroxyl groups is 1. The Kier molecular flexibility index (Phi) is 12.2. The largest absolute Gasteiger partial charge is 0.460 e.